The van der Waals surface area contributed by atoms with Crippen LogP contribution >= 0.6 is 0 Å². The number of halogens is 2. The maximum absolute atomic E-state index is 13.8. The second-order valence-corrected chi connectivity index (χ2v) is 4.03. The summed E-state index contributed by atoms with van der Waals surface area (Å²) in [6.07, 6.45) is 0. The number of hydrogen-bond acceptors (Lipinski definition) is 1. The molecule has 1 N–H and O–H groups in total. The Kier molecular flexibility index (Phi) is 4.05. The fourth-order valence-corrected chi connectivity index (χ4v) is 1.93. The maximum Gasteiger partial charge on any atom is 0.133 e. The van der Waals surface area contributed by atoms with Crippen LogP contribution in [0, 0.1) is 11.6 Å². The molecular weight excluding hydrogens is 232 g/mol. The Morgan fingerprint density at radius 2 is 1.61 bits per heavy atom. The van der Waals surface area contributed by atoms with E-state index >= 15 is 0 Å². The predicted octanol–water partition coefficient (Wildman–Crippen LogP) is 3.74. The van der Waals surface area contributed by atoms with Crippen molar-refractivity contribution in [3.05, 3.63) is 59.7 Å². The summed E-state index contributed by atoms with van der Waals surface area (Å²) in [5.41, 5.74) is 1.54. The minimum atomic E-state index is -0.529. The van der Waals surface area contributed by atoms with Crippen LogP contribution in [0.5, 0.6) is 0 Å². The molecule has 0 aliphatic rings. The standard InChI is InChI=1S/C15H15F2N/c1-2-18-10-11-6-3-4-7-12(11)15-13(16)8-5-9-14(15)17/h3-9,18H,2,10H2,1H3. The van der Waals surface area contributed by atoms with Crippen LogP contribution in [0.2, 0.25) is 0 Å². The lowest BCUT2D eigenvalue weighted by Gasteiger charge is -2.11. The zero-order valence-corrected chi connectivity index (χ0v) is 10.2. The number of nitrogens with one attached hydrogen (secondary N) is 1. The highest BCUT2D eigenvalue weighted by molar-refractivity contribution is 5.68. The Morgan fingerprint density at radius 3 is 2.28 bits per heavy atom. The number of rotatable bonds is 4. The Balaban J connectivity index is 2.50. The first-order chi connectivity index (χ1) is 8.74. The summed E-state index contributed by atoms with van der Waals surface area (Å²) in [7, 11) is 0. The molecule has 0 aromatic heterocycles. The summed E-state index contributed by atoms with van der Waals surface area (Å²) < 4.78 is 27.6. The van der Waals surface area contributed by atoms with Crippen molar-refractivity contribution in [1.82, 2.24) is 5.32 Å². The SMILES string of the molecule is CCNCc1ccccc1-c1c(F)cccc1F. The molecule has 2 aromatic carbocycles. The van der Waals surface area contributed by atoms with Gasteiger partial charge in [0.2, 0.25) is 0 Å². The Hall–Kier alpha value is -1.74. The third-order valence-corrected chi connectivity index (χ3v) is 2.81. The van der Waals surface area contributed by atoms with Gasteiger partial charge in [-0.1, -0.05) is 37.3 Å². The van der Waals surface area contributed by atoms with Gasteiger partial charge in [0.15, 0.2) is 0 Å². The van der Waals surface area contributed by atoms with Crippen molar-refractivity contribution < 1.29 is 8.78 Å². The molecule has 0 unspecified atom stereocenters. The van der Waals surface area contributed by atoms with E-state index in [1.54, 1.807) is 12.1 Å². The van der Waals surface area contributed by atoms with Gasteiger partial charge in [0.25, 0.3) is 0 Å². The summed E-state index contributed by atoms with van der Waals surface area (Å²) >= 11 is 0. The molecular formula is C15H15F2N. The molecule has 2 aromatic rings. The molecule has 3 heteroatoms. The molecule has 0 saturated heterocycles. The topological polar surface area (TPSA) is 12.0 Å². The normalized spacial score (nSPS) is 10.6. The minimum absolute atomic E-state index is 0.0472. The van der Waals surface area contributed by atoms with Gasteiger partial charge >= 0.3 is 0 Å². The Bertz CT molecular complexity index is 518. The molecule has 0 saturated carbocycles. The van der Waals surface area contributed by atoms with Gasteiger partial charge in [0.05, 0.1) is 5.56 Å². The zero-order valence-electron chi connectivity index (χ0n) is 10.2. The summed E-state index contributed by atoms with van der Waals surface area (Å²) in [5.74, 6) is -1.06. The van der Waals surface area contributed by atoms with Gasteiger partial charge in [0.1, 0.15) is 11.6 Å². The van der Waals surface area contributed by atoms with Crippen molar-refractivity contribution in [1.29, 1.82) is 0 Å². The Morgan fingerprint density at radius 1 is 0.944 bits per heavy atom. The summed E-state index contributed by atoms with van der Waals surface area (Å²) in [6, 6.07) is 11.2. The van der Waals surface area contributed by atoms with E-state index in [9.17, 15) is 8.78 Å². The van der Waals surface area contributed by atoms with E-state index in [-0.39, 0.29) is 5.56 Å². The monoisotopic (exact) mass is 247 g/mol. The molecule has 18 heavy (non-hydrogen) atoms. The van der Waals surface area contributed by atoms with E-state index in [0.29, 0.717) is 12.1 Å². The molecule has 0 heterocycles. The lowest BCUT2D eigenvalue weighted by Crippen LogP contribution is -2.12. The van der Waals surface area contributed by atoms with E-state index in [0.717, 1.165) is 12.1 Å². The molecule has 0 radical (unpaired) electrons. The second-order valence-electron chi connectivity index (χ2n) is 4.03. The van der Waals surface area contributed by atoms with E-state index in [2.05, 4.69) is 5.32 Å². The Labute approximate surface area is 105 Å². The van der Waals surface area contributed by atoms with Crippen LogP contribution in [0.3, 0.4) is 0 Å². The average Bonchev–Trinajstić information content (AvgIpc) is 2.37. The summed E-state index contributed by atoms with van der Waals surface area (Å²) in [5, 5.41) is 3.17. The molecule has 0 fully saturated rings. The maximum atomic E-state index is 13.8. The first-order valence-electron chi connectivity index (χ1n) is 5.97. The average molecular weight is 247 g/mol. The van der Waals surface area contributed by atoms with E-state index < -0.39 is 11.6 Å². The number of hydrogen-bond donors (Lipinski definition) is 1. The van der Waals surface area contributed by atoms with Gasteiger partial charge in [-0.15, -0.1) is 0 Å². The van der Waals surface area contributed by atoms with Gasteiger partial charge in [0, 0.05) is 6.54 Å². The third-order valence-electron chi connectivity index (χ3n) is 2.81. The van der Waals surface area contributed by atoms with Gasteiger partial charge in [-0.25, -0.2) is 8.78 Å². The van der Waals surface area contributed by atoms with E-state index in [1.165, 1.54) is 18.2 Å². The van der Waals surface area contributed by atoms with E-state index in [1.807, 2.05) is 19.1 Å². The van der Waals surface area contributed by atoms with Crippen molar-refractivity contribution in [2.24, 2.45) is 0 Å². The molecule has 0 amide bonds. The molecule has 0 aliphatic heterocycles. The van der Waals surface area contributed by atoms with Crippen LogP contribution in [0.25, 0.3) is 11.1 Å². The highest BCUT2D eigenvalue weighted by Crippen LogP contribution is 2.28. The second kappa shape index (κ2) is 5.74. The quantitative estimate of drug-likeness (QED) is 0.867. The van der Waals surface area contributed by atoms with Crippen molar-refractivity contribution in [3.8, 4) is 11.1 Å². The van der Waals surface area contributed by atoms with Crippen molar-refractivity contribution in [2.75, 3.05) is 6.54 Å². The van der Waals surface area contributed by atoms with Crippen LogP contribution in [-0.2, 0) is 6.54 Å². The van der Waals surface area contributed by atoms with Crippen molar-refractivity contribution in [2.45, 2.75) is 13.5 Å². The van der Waals surface area contributed by atoms with Gasteiger partial charge < -0.3 is 5.32 Å². The fourth-order valence-electron chi connectivity index (χ4n) is 1.93. The highest BCUT2D eigenvalue weighted by Gasteiger charge is 2.13. The molecule has 0 bridgehead atoms. The van der Waals surface area contributed by atoms with Crippen molar-refractivity contribution in [3.63, 3.8) is 0 Å². The first kappa shape index (κ1) is 12.7. The van der Waals surface area contributed by atoms with Gasteiger partial charge in [-0.2, -0.15) is 0 Å². The first-order valence-corrected chi connectivity index (χ1v) is 5.97. The van der Waals surface area contributed by atoms with E-state index in [4.69, 9.17) is 0 Å². The van der Waals surface area contributed by atoms with Crippen LogP contribution < -0.4 is 5.32 Å². The third kappa shape index (κ3) is 2.57. The lowest BCUT2D eigenvalue weighted by atomic mass is 9.98. The summed E-state index contributed by atoms with van der Waals surface area (Å²) in [6.45, 7) is 3.40. The van der Waals surface area contributed by atoms with Crippen LogP contribution in [-0.4, -0.2) is 6.54 Å². The smallest absolute Gasteiger partial charge is 0.133 e. The van der Waals surface area contributed by atoms with Crippen LogP contribution in [0.1, 0.15) is 12.5 Å². The van der Waals surface area contributed by atoms with Crippen LogP contribution in [0.4, 0.5) is 8.78 Å². The molecule has 2 rings (SSSR count). The molecule has 0 spiro atoms. The minimum Gasteiger partial charge on any atom is -0.313 e. The summed E-state index contributed by atoms with van der Waals surface area (Å²) in [4.78, 5) is 0. The highest BCUT2D eigenvalue weighted by atomic mass is 19.1. The van der Waals surface area contributed by atoms with Crippen molar-refractivity contribution >= 4 is 0 Å². The molecule has 0 aliphatic carbocycles. The number of benzene rings is 2. The lowest BCUT2D eigenvalue weighted by molar-refractivity contribution is 0.589. The fraction of sp³-hybridized carbons (Fsp3) is 0.200. The predicted molar refractivity (Wildman–Crippen MR) is 69.2 cm³/mol. The van der Waals surface area contributed by atoms with Crippen LogP contribution in [0.15, 0.2) is 42.5 Å². The van der Waals surface area contributed by atoms with Gasteiger partial charge in [-0.05, 0) is 29.8 Å². The van der Waals surface area contributed by atoms with Gasteiger partial charge in [-0.3, -0.25) is 0 Å². The molecule has 0 atom stereocenters. The molecule has 94 valence electrons. The zero-order chi connectivity index (χ0) is 13.0. The molecule has 1 nitrogen and oxygen atoms in total. The largest absolute Gasteiger partial charge is 0.313 e.